The van der Waals surface area contributed by atoms with E-state index in [4.69, 9.17) is 9.47 Å². The van der Waals surface area contributed by atoms with Crippen LogP contribution in [0.1, 0.15) is 54.4 Å². The fraction of sp³-hybridized carbons (Fsp3) is 0.826. The minimum atomic E-state index is -1.81. The molecule has 0 spiro atoms. The molecular formula is C23H35FO7. The summed E-state index contributed by atoms with van der Waals surface area (Å²) in [5.74, 6) is -3.04. The van der Waals surface area contributed by atoms with E-state index in [-0.39, 0.29) is 19.4 Å². The van der Waals surface area contributed by atoms with Gasteiger partial charge in [0.2, 0.25) is 0 Å². The summed E-state index contributed by atoms with van der Waals surface area (Å²) in [6.45, 7) is 9.42. The number of hydrogen-bond donors (Lipinski definition) is 3. The second-order valence-electron chi connectivity index (χ2n) is 10.4. The molecule has 3 rings (SSSR count). The Labute approximate surface area is 182 Å². The minimum Gasteiger partial charge on any atom is -0.462 e. The van der Waals surface area contributed by atoms with Gasteiger partial charge in [-0.2, -0.15) is 0 Å². The van der Waals surface area contributed by atoms with Gasteiger partial charge in [-0.05, 0) is 38.2 Å². The van der Waals surface area contributed by atoms with Crippen molar-refractivity contribution in [1.82, 2.24) is 0 Å². The summed E-state index contributed by atoms with van der Waals surface area (Å²) in [5, 5.41) is 32.2. The standard InChI is InChI=1S/C23H35FO7/c1-11-9-21(4,5)14(7-15(11)27)18(31-13(3)26)19-22(6,20(28)12(2)25)16(24)8-17-23(19,29)10-30-17/h9,12,14-19,25,27,29H,7-8,10H2,1-6H3/t12-,14?,15+,16?,17-,18?,19?,22-,23+/m1/s1. The lowest BCUT2D eigenvalue weighted by atomic mass is 9.50. The molecule has 0 amide bonds. The first-order valence-corrected chi connectivity index (χ1v) is 10.9. The van der Waals surface area contributed by atoms with E-state index in [0.717, 1.165) is 5.57 Å². The van der Waals surface area contributed by atoms with Crippen LogP contribution in [0.5, 0.6) is 0 Å². The first kappa shape index (κ1) is 24.3. The molecule has 1 heterocycles. The third kappa shape index (κ3) is 3.75. The van der Waals surface area contributed by atoms with Crippen molar-refractivity contribution in [3.8, 4) is 0 Å². The minimum absolute atomic E-state index is 0.125. The zero-order chi connectivity index (χ0) is 23.5. The molecular weight excluding hydrogens is 407 g/mol. The van der Waals surface area contributed by atoms with Gasteiger partial charge in [0, 0.05) is 25.2 Å². The second-order valence-corrected chi connectivity index (χ2v) is 10.4. The molecule has 0 aromatic rings. The Hall–Kier alpha value is -1.35. The van der Waals surface area contributed by atoms with Crippen molar-refractivity contribution < 1.29 is 38.8 Å². The normalized spacial score (nSPS) is 43.7. The number of aliphatic hydroxyl groups excluding tert-OH is 2. The molecule has 0 radical (unpaired) electrons. The van der Waals surface area contributed by atoms with Crippen LogP contribution in [-0.2, 0) is 19.1 Å². The molecule has 0 aromatic heterocycles. The van der Waals surface area contributed by atoms with Gasteiger partial charge in [0.15, 0.2) is 5.78 Å². The lowest BCUT2D eigenvalue weighted by Crippen LogP contribution is -2.76. The molecule has 4 unspecified atom stereocenters. The predicted molar refractivity (Wildman–Crippen MR) is 110 cm³/mol. The fourth-order valence-electron chi connectivity index (χ4n) is 6.12. The Morgan fingerprint density at radius 2 is 1.90 bits per heavy atom. The van der Waals surface area contributed by atoms with Crippen molar-refractivity contribution in [2.24, 2.45) is 22.7 Å². The molecule has 3 N–H and O–H groups in total. The van der Waals surface area contributed by atoms with Crippen LogP contribution in [0.2, 0.25) is 0 Å². The van der Waals surface area contributed by atoms with Crippen LogP contribution >= 0.6 is 0 Å². The molecule has 0 bridgehead atoms. The fourth-order valence-corrected chi connectivity index (χ4v) is 6.12. The van der Waals surface area contributed by atoms with Crippen LogP contribution in [0.3, 0.4) is 0 Å². The van der Waals surface area contributed by atoms with E-state index >= 15 is 4.39 Å². The average Bonchev–Trinajstić information content (AvgIpc) is 2.64. The first-order valence-electron chi connectivity index (χ1n) is 10.9. The van der Waals surface area contributed by atoms with E-state index in [1.165, 1.54) is 20.8 Å². The number of esters is 1. The van der Waals surface area contributed by atoms with Crippen LogP contribution < -0.4 is 0 Å². The van der Waals surface area contributed by atoms with Crippen LogP contribution in [0.15, 0.2) is 11.6 Å². The van der Waals surface area contributed by atoms with Gasteiger partial charge >= 0.3 is 5.97 Å². The third-order valence-corrected chi connectivity index (χ3v) is 7.83. The number of ether oxygens (including phenoxy) is 2. The topological polar surface area (TPSA) is 113 Å². The van der Waals surface area contributed by atoms with Crippen LogP contribution in [0.25, 0.3) is 0 Å². The van der Waals surface area contributed by atoms with Crippen LogP contribution in [0.4, 0.5) is 4.39 Å². The van der Waals surface area contributed by atoms with Crippen LogP contribution in [-0.4, -0.2) is 69.9 Å². The number of rotatable bonds is 5. The molecule has 1 saturated carbocycles. The van der Waals surface area contributed by atoms with Gasteiger partial charge < -0.3 is 24.8 Å². The Bertz CT molecular complexity index is 778. The Morgan fingerprint density at radius 3 is 2.39 bits per heavy atom. The number of hydrogen-bond acceptors (Lipinski definition) is 7. The lowest BCUT2D eigenvalue weighted by Gasteiger charge is -2.62. The molecule has 7 nitrogen and oxygen atoms in total. The molecule has 8 heteroatoms. The van der Waals surface area contributed by atoms with Crippen molar-refractivity contribution in [1.29, 1.82) is 0 Å². The molecule has 31 heavy (non-hydrogen) atoms. The number of aliphatic hydroxyl groups is 3. The summed E-state index contributed by atoms with van der Waals surface area (Å²) in [6.07, 6.45) is -3.95. The van der Waals surface area contributed by atoms with Gasteiger partial charge in [-0.3, -0.25) is 9.59 Å². The zero-order valence-corrected chi connectivity index (χ0v) is 19.1. The number of carbonyl (C=O) groups is 2. The van der Waals surface area contributed by atoms with E-state index in [0.29, 0.717) is 0 Å². The number of ketones is 1. The molecule has 3 aliphatic rings. The highest BCUT2D eigenvalue weighted by Crippen LogP contribution is 2.58. The van der Waals surface area contributed by atoms with Gasteiger partial charge in [0.1, 0.15) is 24.0 Å². The predicted octanol–water partition coefficient (Wildman–Crippen LogP) is 1.72. The molecule has 2 fully saturated rings. The second kappa shape index (κ2) is 7.90. The molecule has 1 saturated heterocycles. The maximum Gasteiger partial charge on any atom is 0.302 e. The summed E-state index contributed by atoms with van der Waals surface area (Å²) < 4.78 is 26.8. The number of fused-ring (bicyclic) bond motifs is 1. The van der Waals surface area contributed by atoms with Gasteiger partial charge in [0.25, 0.3) is 0 Å². The molecule has 9 atom stereocenters. The van der Waals surface area contributed by atoms with Gasteiger partial charge in [0.05, 0.1) is 24.2 Å². The van der Waals surface area contributed by atoms with Crippen molar-refractivity contribution in [3.63, 3.8) is 0 Å². The number of allylic oxidation sites excluding steroid dienone is 1. The van der Waals surface area contributed by atoms with Crippen LogP contribution in [0, 0.1) is 22.7 Å². The number of carbonyl (C=O) groups excluding carboxylic acids is 2. The summed E-state index contributed by atoms with van der Waals surface area (Å²) in [5.41, 5.74) is -3.20. The lowest BCUT2D eigenvalue weighted by molar-refractivity contribution is -0.326. The average molecular weight is 443 g/mol. The molecule has 2 aliphatic carbocycles. The maximum atomic E-state index is 15.6. The highest BCUT2D eigenvalue weighted by atomic mass is 19.1. The molecule has 1 aliphatic heterocycles. The highest BCUT2D eigenvalue weighted by Gasteiger charge is 2.71. The largest absolute Gasteiger partial charge is 0.462 e. The zero-order valence-electron chi connectivity index (χ0n) is 19.1. The summed E-state index contributed by atoms with van der Waals surface area (Å²) in [7, 11) is 0. The monoisotopic (exact) mass is 442 g/mol. The van der Waals surface area contributed by atoms with Gasteiger partial charge in [-0.1, -0.05) is 19.9 Å². The molecule has 0 aromatic carbocycles. The Kier molecular flexibility index (Phi) is 6.19. The third-order valence-electron chi connectivity index (χ3n) is 7.83. The number of halogens is 1. The summed E-state index contributed by atoms with van der Waals surface area (Å²) in [4.78, 5) is 25.3. The Morgan fingerprint density at radius 1 is 1.29 bits per heavy atom. The van der Waals surface area contributed by atoms with E-state index in [1.54, 1.807) is 0 Å². The smallest absolute Gasteiger partial charge is 0.302 e. The van der Waals surface area contributed by atoms with Crippen molar-refractivity contribution in [2.75, 3.05) is 6.61 Å². The highest BCUT2D eigenvalue weighted by molar-refractivity contribution is 5.89. The summed E-state index contributed by atoms with van der Waals surface area (Å²) in [6, 6.07) is 0. The Balaban J connectivity index is 2.19. The van der Waals surface area contributed by atoms with Crippen molar-refractivity contribution >= 4 is 11.8 Å². The van der Waals surface area contributed by atoms with E-state index < -0.39 is 70.6 Å². The number of Topliss-reactive ketones (excluding diaryl/α,β-unsaturated/α-hetero) is 1. The SMILES string of the molecule is CC(=O)OC(C1C[C@H](O)C(C)=CC1(C)C)C1[C@](C)(C(=O)[C@@H](C)O)C(F)C[C@H]2OC[C@@]12O. The van der Waals surface area contributed by atoms with E-state index in [1.807, 2.05) is 26.8 Å². The van der Waals surface area contributed by atoms with E-state index in [9.17, 15) is 24.9 Å². The maximum absolute atomic E-state index is 15.6. The van der Waals surface area contributed by atoms with Crippen molar-refractivity contribution in [2.45, 2.75) is 90.6 Å². The first-order chi connectivity index (χ1) is 14.2. The van der Waals surface area contributed by atoms with Crippen molar-refractivity contribution in [3.05, 3.63) is 11.6 Å². The quantitative estimate of drug-likeness (QED) is 0.439. The van der Waals surface area contributed by atoms with E-state index in [2.05, 4.69) is 0 Å². The molecule has 176 valence electrons. The van der Waals surface area contributed by atoms with Gasteiger partial charge in [-0.25, -0.2) is 4.39 Å². The number of alkyl halides is 1. The summed E-state index contributed by atoms with van der Waals surface area (Å²) >= 11 is 0. The van der Waals surface area contributed by atoms with Gasteiger partial charge in [-0.15, -0.1) is 0 Å².